The van der Waals surface area contributed by atoms with Crippen molar-refractivity contribution in [2.24, 2.45) is 0 Å². The van der Waals surface area contributed by atoms with E-state index in [4.69, 9.17) is 4.74 Å². The van der Waals surface area contributed by atoms with E-state index in [1.54, 1.807) is 0 Å². The van der Waals surface area contributed by atoms with Crippen LogP contribution in [0.5, 0.6) is 5.75 Å². The summed E-state index contributed by atoms with van der Waals surface area (Å²) < 4.78 is 60.4. The number of hydrogen-bond donors (Lipinski definition) is 1. The minimum atomic E-state index is -3.70. The Morgan fingerprint density at radius 3 is 2.53 bits per heavy atom. The van der Waals surface area contributed by atoms with Gasteiger partial charge in [0.1, 0.15) is 17.4 Å². The number of amides is 1. The maximum atomic E-state index is 13.8. The summed E-state index contributed by atoms with van der Waals surface area (Å²) in [4.78, 5) is 12.6. The second kappa shape index (κ2) is 10.6. The van der Waals surface area contributed by atoms with Crippen molar-refractivity contribution in [2.45, 2.75) is 49.0 Å². The smallest absolute Gasteiger partial charge is 0.243 e. The number of halogens is 2. The van der Waals surface area contributed by atoms with E-state index >= 15 is 0 Å². The predicted molar refractivity (Wildman–Crippen MR) is 121 cm³/mol. The van der Waals surface area contributed by atoms with Crippen LogP contribution in [0.2, 0.25) is 0 Å². The summed E-state index contributed by atoms with van der Waals surface area (Å²) in [7, 11) is -3.70. The Balaban J connectivity index is 1.80. The molecule has 2 aromatic carbocycles. The van der Waals surface area contributed by atoms with Crippen LogP contribution in [0.4, 0.5) is 14.5 Å². The number of carbonyl (C=O) groups excluding carboxylic acids is 1. The average Bonchev–Trinajstić information content (AvgIpc) is 2.75. The van der Waals surface area contributed by atoms with E-state index in [0.29, 0.717) is 18.8 Å². The van der Waals surface area contributed by atoms with Gasteiger partial charge in [-0.3, -0.25) is 4.79 Å². The molecular formula is C22H26F2N2O4S2. The summed E-state index contributed by atoms with van der Waals surface area (Å²) in [5.41, 5.74) is 0.210. The Kier molecular flexibility index (Phi) is 8.13. The SMILES string of the molecule is CC(C)Oc1ccc(S(=O)(=O)N2CCCCC2)cc1NC(=O)CSc1cc(F)ccc1F. The van der Waals surface area contributed by atoms with Gasteiger partial charge in [0.15, 0.2) is 0 Å². The molecule has 2 aromatic rings. The Morgan fingerprint density at radius 2 is 1.84 bits per heavy atom. The van der Waals surface area contributed by atoms with Crippen molar-refractivity contribution in [3.63, 3.8) is 0 Å². The van der Waals surface area contributed by atoms with Crippen molar-refractivity contribution in [3.8, 4) is 5.75 Å². The number of nitrogens with one attached hydrogen (secondary N) is 1. The number of rotatable bonds is 8. The highest BCUT2D eigenvalue weighted by Crippen LogP contribution is 2.31. The fraction of sp³-hybridized carbons (Fsp3) is 0.409. The monoisotopic (exact) mass is 484 g/mol. The van der Waals surface area contributed by atoms with Crippen molar-refractivity contribution < 1.29 is 26.7 Å². The van der Waals surface area contributed by atoms with Crippen LogP contribution in [0.15, 0.2) is 46.2 Å². The fourth-order valence-corrected chi connectivity index (χ4v) is 5.60. The zero-order valence-electron chi connectivity index (χ0n) is 17.9. The van der Waals surface area contributed by atoms with Gasteiger partial charge in [0.2, 0.25) is 15.9 Å². The molecule has 1 aliphatic heterocycles. The number of ether oxygens (including phenoxy) is 1. The maximum absolute atomic E-state index is 13.8. The molecule has 1 saturated heterocycles. The highest BCUT2D eigenvalue weighted by molar-refractivity contribution is 8.00. The second-order valence-electron chi connectivity index (χ2n) is 7.70. The molecular weight excluding hydrogens is 458 g/mol. The highest BCUT2D eigenvalue weighted by atomic mass is 32.2. The number of piperidine rings is 1. The summed E-state index contributed by atoms with van der Waals surface area (Å²) in [6.07, 6.45) is 2.42. The van der Waals surface area contributed by atoms with Crippen LogP contribution < -0.4 is 10.1 Å². The fourth-order valence-electron chi connectivity index (χ4n) is 3.30. The molecule has 0 aromatic heterocycles. The van der Waals surface area contributed by atoms with E-state index < -0.39 is 27.6 Å². The molecule has 1 amide bonds. The third kappa shape index (κ3) is 6.20. The lowest BCUT2D eigenvalue weighted by Crippen LogP contribution is -2.35. The van der Waals surface area contributed by atoms with Crippen LogP contribution in [0.1, 0.15) is 33.1 Å². The molecule has 174 valence electrons. The lowest BCUT2D eigenvalue weighted by Gasteiger charge is -2.26. The number of carbonyl (C=O) groups is 1. The molecule has 1 fully saturated rings. The average molecular weight is 485 g/mol. The van der Waals surface area contributed by atoms with Crippen molar-refractivity contribution in [1.82, 2.24) is 4.31 Å². The van der Waals surface area contributed by atoms with Gasteiger partial charge in [-0.15, -0.1) is 11.8 Å². The van der Waals surface area contributed by atoms with Crippen molar-refractivity contribution in [1.29, 1.82) is 0 Å². The van der Waals surface area contributed by atoms with Crippen LogP contribution in [0, 0.1) is 11.6 Å². The van der Waals surface area contributed by atoms with Crippen molar-refractivity contribution >= 4 is 33.4 Å². The standard InChI is InChI=1S/C22H26F2N2O4S2/c1-15(2)30-20-9-7-17(32(28,29)26-10-4-3-5-11-26)13-19(20)25-22(27)14-31-21-12-16(23)6-8-18(21)24/h6-9,12-13,15H,3-5,10-11,14H2,1-2H3,(H,25,27). The summed E-state index contributed by atoms with van der Waals surface area (Å²) >= 11 is 0.846. The second-order valence-corrected chi connectivity index (χ2v) is 10.7. The first kappa shape index (κ1) is 24.5. The summed E-state index contributed by atoms with van der Waals surface area (Å²) in [6.45, 7) is 4.55. The largest absolute Gasteiger partial charge is 0.489 e. The van der Waals surface area contributed by atoms with Gasteiger partial charge in [0.25, 0.3) is 0 Å². The van der Waals surface area contributed by atoms with Gasteiger partial charge in [-0.25, -0.2) is 17.2 Å². The first-order chi connectivity index (χ1) is 15.2. The summed E-state index contributed by atoms with van der Waals surface area (Å²) in [5, 5.41) is 2.65. The number of nitrogens with zero attached hydrogens (tertiary/aromatic N) is 1. The first-order valence-electron chi connectivity index (χ1n) is 10.4. The molecule has 1 heterocycles. The molecule has 1 aliphatic rings. The Bertz CT molecular complexity index is 1070. The van der Waals surface area contributed by atoms with Gasteiger partial charge in [-0.1, -0.05) is 6.42 Å². The molecule has 0 radical (unpaired) electrons. The summed E-state index contributed by atoms with van der Waals surface area (Å²) in [6, 6.07) is 7.39. The van der Waals surface area contributed by atoms with E-state index in [9.17, 15) is 22.0 Å². The lowest BCUT2D eigenvalue weighted by molar-refractivity contribution is -0.113. The highest BCUT2D eigenvalue weighted by Gasteiger charge is 2.27. The van der Waals surface area contributed by atoms with E-state index in [1.807, 2.05) is 13.8 Å². The van der Waals surface area contributed by atoms with Gasteiger partial charge < -0.3 is 10.1 Å². The van der Waals surface area contributed by atoms with E-state index in [1.165, 1.54) is 22.5 Å². The van der Waals surface area contributed by atoms with Crippen LogP contribution in [0.25, 0.3) is 0 Å². The molecule has 32 heavy (non-hydrogen) atoms. The lowest BCUT2D eigenvalue weighted by atomic mass is 10.2. The number of hydrogen-bond acceptors (Lipinski definition) is 5. The third-order valence-electron chi connectivity index (χ3n) is 4.79. The van der Waals surface area contributed by atoms with Gasteiger partial charge in [-0.05, 0) is 63.1 Å². The molecule has 0 spiro atoms. The van der Waals surface area contributed by atoms with Gasteiger partial charge in [-0.2, -0.15) is 4.31 Å². The quantitative estimate of drug-likeness (QED) is 0.552. The molecule has 3 rings (SSSR count). The zero-order valence-corrected chi connectivity index (χ0v) is 19.6. The molecule has 0 atom stereocenters. The maximum Gasteiger partial charge on any atom is 0.243 e. The summed E-state index contributed by atoms with van der Waals surface area (Å²) in [5.74, 6) is -1.59. The molecule has 1 N–H and O–H groups in total. The molecule has 0 saturated carbocycles. The molecule has 0 bridgehead atoms. The van der Waals surface area contributed by atoms with Gasteiger partial charge in [0.05, 0.1) is 22.4 Å². The van der Waals surface area contributed by atoms with Crippen LogP contribution in [-0.4, -0.2) is 43.6 Å². The Morgan fingerprint density at radius 1 is 1.12 bits per heavy atom. The minimum Gasteiger partial charge on any atom is -0.489 e. The number of thioether (sulfide) groups is 1. The van der Waals surface area contributed by atoms with Crippen molar-refractivity contribution in [2.75, 3.05) is 24.2 Å². The molecule has 10 heteroatoms. The predicted octanol–water partition coefficient (Wildman–Crippen LogP) is 4.66. The van der Waals surface area contributed by atoms with Crippen molar-refractivity contribution in [3.05, 3.63) is 48.0 Å². The molecule has 0 aliphatic carbocycles. The zero-order chi connectivity index (χ0) is 23.3. The molecule has 6 nitrogen and oxygen atoms in total. The number of anilines is 1. The van der Waals surface area contributed by atoms with Gasteiger partial charge >= 0.3 is 0 Å². The van der Waals surface area contributed by atoms with Crippen LogP contribution >= 0.6 is 11.8 Å². The van der Waals surface area contributed by atoms with E-state index in [0.717, 1.165) is 49.2 Å². The Hall–Kier alpha value is -2.17. The minimum absolute atomic E-state index is 0.0141. The number of benzene rings is 2. The molecule has 0 unspecified atom stereocenters. The van der Waals surface area contributed by atoms with Crippen LogP contribution in [-0.2, 0) is 14.8 Å². The topological polar surface area (TPSA) is 75.7 Å². The normalized spacial score (nSPS) is 15.0. The van der Waals surface area contributed by atoms with E-state index in [-0.39, 0.29) is 27.3 Å². The van der Waals surface area contributed by atoms with Gasteiger partial charge in [0, 0.05) is 18.0 Å². The number of sulfonamides is 1. The first-order valence-corrected chi connectivity index (χ1v) is 12.8. The van der Waals surface area contributed by atoms with E-state index in [2.05, 4.69) is 5.32 Å². The Labute approximate surface area is 191 Å². The van der Waals surface area contributed by atoms with Crippen LogP contribution in [0.3, 0.4) is 0 Å². The third-order valence-corrected chi connectivity index (χ3v) is 7.72.